The average Bonchev–Trinajstić information content (AvgIpc) is 2.58. The van der Waals surface area contributed by atoms with Crippen LogP contribution in [0.3, 0.4) is 0 Å². The van der Waals surface area contributed by atoms with Crippen LogP contribution in [0, 0.1) is 6.92 Å². The second-order valence-corrected chi connectivity index (χ2v) is 2.90. The minimum Gasteiger partial charge on any atom is -0.478 e. The third-order valence-electron chi connectivity index (χ3n) is 1.87. The Bertz CT molecular complexity index is 534. The topological polar surface area (TPSA) is 89.6 Å². The van der Waals surface area contributed by atoms with E-state index in [0.29, 0.717) is 5.69 Å². The Morgan fingerprint density at radius 1 is 1.53 bits per heavy atom. The summed E-state index contributed by atoms with van der Waals surface area (Å²) in [5, 5.41) is 12.8. The van der Waals surface area contributed by atoms with Gasteiger partial charge in [-0.15, -0.1) is 5.10 Å². The molecule has 2 aromatic heterocycles. The predicted molar refractivity (Wildman–Crippen MR) is 48.5 cm³/mol. The second kappa shape index (κ2) is 3.19. The van der Waals surface area contributed by atoms with E-state index in [-0.39, 0.29) is 17.5 Å². The maximum Gasteiger partial charge on any atom is 0.356 e. The molecule has 7 nitrogen and oxygen atoms in total. The summed E-state index contributed by atoms with van der Waals surface area (Å²) in [5.74, 6) is -0.393. The number of aromatic nitrogens is 4. The molecule has 0 aliphatic carbocycles. The molecule has 0 aliphatic heterocycles. The van der Waals surface area contributed by atoms with Crippen molar-refractivity contribution in [3.8, 4) is 6.01 Å². The predicted octanol–water partition coefficient (Wildman–Crippen LogP) is -0.0751. The smallest absolute Gasteiger partial charge is 0.356 e. The monoisotopic (exact) mass is 208 g/mol. The van der Waals surface area contributed by atoms with Crippen LogP contribution < -0.4 is 0 Å². The van der Waals surface area contributed by atoms with Gasteiger partial charge in [-0.2, -0.15) is 9.50 Å². The molecule has 0 aromatic carbocycles. The number of fused-ring (bicyclic) bond motifs is 1. The van der Waals surface area contributed by atoms with Gasteiger partial charge in [-0.3, -0.25) is 0 Å². The van der Waals surface area contributed by atoms with Crippen molar-refractivity contribution in [2.75, 3.05) is 7.11 Å². The summed E-state index contributed by atoms with van der Waals surface area (Å²) in [5.41, 5.74) is 0.767. The van der Waals surface area contributed by atoms with E-state index in [1.54, 1.807) is 6.92 Å². The highest BCUT2D eigenvalue weighted by molar-refractivity contribution is 5.87. The van der Waals surface area contributed by atoms with Crippen LogP contribution in [0.15, 0.2) is 6.07 Å². The lowest BCUT2D eigenvalue weighted by molar-refractivity contribution is 0.0594. The van der Waals surface area contributed by atoms with Gasteiger partial charge in [0.25, 0.3) is 5.78 Å². The summed E-state index contributed by atoms with van der Waals surface area (Å²) in [6.45, 7) is 1.72. The van der Waals surface area contributed by atoms with Gasteiger partial charge in [0, 0.05) is 5.69 Å². The van der Waals surface area contributed by atoms with E-state index in [0.717, 1.165) is 0 Å². The minimum atomic E-state index is -0.553. The molecule has 0 fully saturated rings. The number of nitrogens with zero attached hydrogens (tertiary/aromatic N) is 4. The Morgan fingerprint density at radius 3 is 2.93 bits per heavy atom. The zero-order chi connectivity index (χ0) is 11.0. The first-order valence-corrected chi connectivity index (χ1v) is 4.13. The van der Waals surface area contributed by atoms with Crippen molar-refractivity contribution in [3.63, 3.8) is 0 Å². The van der Waals surface area contributed by atoms with Crippen molar-refractivity contribution in [1.82, 2.24) is 19.6 Å². The standard InChI is InChI=1S/C8H8N4O3/c1-4-3-5(6(13)15-2)9-7-10-8(14)11-12(4)7/h3H,1-2H3,(H,11,14). The molecule has 0 radical (unpaired) electrons. The quantitative estimate of drug-likeness (QED) is 0.659. The Balaban J connectivity index is 2.66. The lowest BCUT2D eigenvalue weighted by atomic mass is 10.3. The first kappa shape index (κ1) is 9.38. The molecule has 0 saturated carbocycles. The largest absolute Gasteiger partial charge is 0.478 e. The van der Waals surface area contributed by atoms with Gasteiger partial charge in [-0.05, 0) is 13.0 Å². The molecule has 0 aliphatic rings. The second-order valence-electron chi connectivity index (χ2n) is 2.90. The average molecular weight is 208 g/mol. The van der Waals surface area contributed by atoms with Crippen molar-refractivity contribution in [1.29, 1.82) is 0 Å². The van der Waals surface area contributed by atoms with Crippen molar-refractivity contribution >= 4 is 11.7 Å². The first-order valence-electron chi connectivity index (χ1n) is 4.13. The normalized spacial score (nSPS) is 10.5. The molecule has 0 saturated heterocycles. The molecular formula is C8H8N4O3. The Labute approximate surface area is 84.3 Å². The van der Waals surface area contributed by atoms with Crippen LogP contribution in [-0.4, -0.2) is 37.8 Å². The number of ether oxygens (including phenoxy) is 1. The molecule has 2 aromatic rings. The van der Waals surface area contributed by atoms with Crippen LogP contribution in [-0.2, 0) is 4.74 Å². The lowest BCUT2D eigenvalue weighted by Crippen LogP contribution is -2.08. The van der Waals surface area contributed by atoms with Crippen LogP contribution in [0.2, 0.25) is 0 Å². The number of esters is 1. The fourth-order valence-corrected chi connectivity index (χ4v) is 1.21. The molecule has 0 bridgehead atoms. The van der Waals surface area contributed by atoms with Gasteiger partial charge in [-0.25, -0.2) is 9.78 Å². The van der Waals surface area contributed by atoms with E-state index < -0.39 is 5.97 Å². The number of hydrogen-bond acceptors (Lipinski definition) is 6. The van der Waals surface area contributed by atoms with Crippen molar-refractivity contribution in [3.05, 3.63) is 17.5 Å². The number of carbonyl (C=O) groups is 1. The van der Waals surface area contributed by atoms with E-state index in [1.807, 2.05) is 0 Å². The summed E-state index contributed by atoms with van der Waals surface area (Å²) in [6.07, 6.45) is 0. The molecule has 7 heteroatoms. The SMILES string of the molecule is COC(=O)c1cc(C)n2nc(O)nc2n1. The van der Waals surface area contributed by atoms with E-state index >= 15 is 0 Å². The summed E-state index contributed by atoms with van der Waals surface area (Å²) >= 11 is 0. The number of aryl methyl sites for hydroxylation is 1. The van der Waals surface area contributed by atoms with E-state index in [1.165, 1.54) is 17.7 Å². The minimum absolute atomic E-state index is 0.134. The van der Waals surface area contributed by atoms with Crippen LogP contribution in [0.4, 0.5) is 0 Å². The van der Waals surface area contributed by atoms with E-state index in [4.69, 9.17) is 5.11 Å². The maximum atomic E-state index is 11.2. The van der Waals surface area contributed by atoms with Gasteiger partial charge in [-0.1, -0.05) is 0 Å². The molecule has 2 heterocycles. The van der Waals surface area contributed by atoms with Crippen LogP contribution >= 0.6 is 0 Å². The lowest BCUT2D eigenvalue weighted by Gasteiger charge is -2.00. The van der Waals surface area contributed by atoms with Gasteiger partial charge in [0.2, 0.25) is 0 Å². The molecule has 0 spiro atoms. The van der Waals surface area contributed by atoms with Gasteiger partial charge < -0.3 is 9.84 Å². The van der Waals surface area contributed by atoms with Gasteiger partial charge in [0.05, 0.1) is 7.11 Å². The van der Waals surface area contributed by atoms with E-state index in [9.17, 15) is 4.79 Å². The third kappa shape index (κ3) is 1.47. The summed E-state index contributed by atoms with van der Waals surface area (Å²) in [4.78, 5) is 18.7. The first-order chi connectivity index (χ1) is 7.11. The van der Waals surface area contributed by atoms with Crippen LogP contribution in [0.25, 0.3) is 5.78 Å². The highest BCUT2D eigenvalue weighted by Crippen LogP contribution is 2.09. The van der Waals surface area contributed by atoms with Crippen LogP contribution in [0.1, 0.15) is 16.2 Å². The Kier molecular flexibility index (Phi) is 2.00. The van der Waals surface area contributed by atoms with Gasteiger partial charge in [0.1, 0.15) is 0 Å². The number of carbonyl (C=O) groups excluding carboxylic acids is 1. The molecule has 0 unspecified atom stereocenters. The fourth-order valence-electron chi connectivity index (χ4n) is 1.21. The summed E-state index contributed by atoms with van der Waals surface area (Å²) < 4.78 is 5.86. The number of methoxy groups -OCH3 is 1. The molecule has 78 valence electrons. The molecule has 0 amide bonds. The van der Waals surface area contributed by atoms with E-state index in [2.05, 4.69) is 19.8 Å². The number of rotatable bonds is 1. The Morgan fingerprint density at radius 2 is 2.27 bits per heavy atom. The third-order valence-corrected chi connectivity index (χ3v) is 1.87. The molecule has 15 heavy (non-hydrogen) atoms. The molecule has 0 atom stereocenters. The van der Waals surface area contributed by atoms with Crippen molar-refractivity contribution in [2.24, 2.45) is 0 Å². The van der Waals surface area contributed by atoms with Crippen molar-refractivity contribution in [2.45, 2.75) is 6.92 Å². The zero-order valence-corrected chi connectivity index (χ0v) is 8.13. The highest BCUT2D eigenvalue weighted by Gasteiger charge is 2.13. The molecule has 2 rings (SSSR count). The van der Waals surface area contributed by atoms with Gasteiger partial charge >= 0.3 is 12.0 Å². The Hall–Kier alpha value is -2.18. The molecular weight excluding hydrogens is 200 g/mol. The zero-order valence-electron chi connectivity index (χ0n) is 8.13. The van der Waals surface area contributed by atoms with Crippen molar-refractivity contribution < 1.29 is 14.6 Å². The van der Waals surface area contributed by atoms with Crippen LogP contribution in [0.5, 0.6) is 6.01 Å². The molecule has 1 N–H and O–H groups in total. The number of aromatic hydroxyl groups is 1. The number of hydrogen-bond donors (Lipinski definition) is 1. The highest BCUT2D eigenvalue weighted by atomic mass is 16.5. The maximum absolute atomic E-state index is 11.2. The fraction of sp³-hybridized carbons (Fsp3) is 0.250. The summed E-state index contributed by atoms with van der Waals surface area (Å²) in [7, 11) is 1.27. The van der Waals surface area contributed by atoms with Gasteiger partial charge in [0.15, 0.2) is 5.69 Å². The summed E-state index contributed by atoms with van der Waals surface area (Å²) in [6, 6.07) is 1.13.